The van der Waals surface area contributed by atoms with Crippen molar-refractivity contribution < 1.29 is 4.21 Å². The van der Waals surface area contributed by atoms with Gasteiger partial charge in [-0.25, -0.2) is 0 Å². The molecule has 0 saturated heterocycles. The van der Waals surface area contributed by atoms with E-state index in [4.69, 9.17) is 0 Å². The van der Waals surface area contributed by atoms with E-state index in [-0.39, 0.29) is 0 Å². The fraction of sp³-hybridized carbons (Fsp3) is 0.700. The van der Waals surface area contributed by atoms with Crippen LogP contribution in [-0.2, 0) is 17.8 Å². The maximum absolute atomic E-state index is 12.1. The second kappa shape index (κ2) is 4.26. The quantitative estimate of drug-likeness (QED) is 0.750. The Labute approximate surface area is 87.0 Å². The van der Waals surface area contributed by atoms with Gasteiger partial charge in [0, 0.05) is 18.5 Å². The van der Waals surface area contributed by atoms with Crippen LogP contribution in [0.2, 0.25) is 0 Å². The van der Waals surface area contributed by atoms with Crippen LogP contribution in [0.5, 0.6) is 0 Å². The fourth-order valence-corrected chi connectivity index (χ4v) is 3.53. The van der Waals surface area contributed by atoms with Gasteiger partial charge in [0.1, 0.15) is 0 Å². The summed E-state index contributed by atoms with van der Waals surface area (Å²) in [5.41, 5.74) is 0. The highest BCUT2D eigenvalue weighted by molar-refractivity contribution is 7.85. The predicted molar refractivity (Wildman–Crippen MR) is 56.5 cm³/mol. The van der Waals surface area contributed by atoms with Gasteiger partial charge in [-0.05, 0) is 12.8 Å². The Bertz CT molecular complexity index is 329. The van der Waals surface area contributed by atoms with E-state index < -0.39 is 10.8 Å². The van der Waals surface area contributed by atoms with Gasteiger partial charge < -0.3 is 0 Å². The fourth-order valence-electron chi connectivity index (χ4n) is 1.97. The lowest BCUT2D eigenvalue weighted by molar-refractivity contribution is 0.504. The van der Waals surface area contributed by atoms with Gasteiger partial charge in [-0.2, -0.15) is 5.10 Å². The molecule has 0 spiro atoms. The lowest BCUT2D eigenvalue weighted by atomic mass is 10.0. The van der Waals surface area contributed by atoms with Crippen LogP contribution in [0.25, 0.3) is 0 Å². The average Bonchev–Trinajstić information content (AvgIpc) is 2.65. The summed E-state index contributed by atoms with van der Waals surface area (Å²) < 4.78 is 13.8. The van der Waals surface area contributed by atoms with Crippen LogP contribution in [0.4, 0.5) is 0 Å². The van der Waals surface area contributed by atoms with E-state index in [0.717, 1.165) is 17.7 Å². The molecule has 1 aliphatic rings. The van der Waals surface area contributed by atoms with Crippen molar-refractivity contribution in [3.8, 4) is 0 Å². The van der Waals surface area contributed by atoms with Crippen molar-refractivity contribution >= 4 is 10.8 Å². The van der Waals surface area contributed by atoms with E-state index >= 15 is 0 Å². The first-order chi connectivity index (χ1) is 6.77. The zero-order valence-electron chi connectivity index (χ0n) is 8.48. The topological polar surface area (TPSA) is 34.9 Å². The third-order valence-corrected chi connectivity index (χ3v) is 4.52. The largest absolute Gasteiger partial charge is 0.275 e. The number of nitrogens with zero attached hydrogens (tertiary/aromatic N) is 2. The Morgan fingerprint density at radius 3 is 2.71 bits per heavy atom. The van der Waals surface area contributed by atoms with E-state index in [1.807, 2.05) is 13.2 Å². The summed E-state index contributed by atoms with van der Waals surface area (Å²) in [7, 11) is 1.03. The molecular weight excluding hydrogens is 196 g/mol. The van der Waals surface area contributed by atoms with Crippen LogP contribution < -0.4 is 0 Å². The first-order valence-electron chi connectivity index (χ1n) is 5.16. The van der Waals surface area contributed by atoms with Gasteiger partial charge in [0.25, 0.3) is 0 Å². The van der Waals surface area contributed by atoms with Crippen LogP contribution in [0.1, 0.15) is 32.1 Å². The highest BCUT2D eigenvalue weighted by atomic mass is 32.2. The zero-order valence-corrected chi connectivity index (χ0v) is 9.30. The molecule has 14 heavy (non-hydrogen) atoms. The summed E-state index contributed by atoms with van der Waals surface area (Å²) in [4.78, 5) is 0.888. The van der Waals surface area contributed by atoms with Crippen LogP contribution in [0, 0.1) is 0 Å². The van der Waals surface area contributed by atoms with Gasteiger partial charge in [-0.15, -0.1) is 0 Å². The van der Waals surface area contributed by atoms with E-state index in [1.54, 1.807) is 10.9 Å². The number of rotatable bonds is 2. The Morgan fingerprint density at radius 2 is 2.14 bits per heavy atom. The molecule has 0 aliphatic heterocycles. The molecule has 1 heterocycles. The third-order valence-electron chi connectivity index (χ3n) is 2.77. The summed E-state index contributed by atoms with van der Waals surface area (Å²) in [6.07, 6.45) is 9.59. The Kier molecular flexibility index (Phi) is 3.01. The lowest BCUT2D eigenvalue weighted by Crippen LogP contribution is -2.18. The van der Waals surface area contributed by atoms with Gasteiger partial charge in [0.2, 0.25) is 0 Å². The molecule has 3 nitrogen and oxygen atoms in total. The molecule has 4 heteroatoms. The first-order valence-corrected chi connectivity index (χ1v) is 6.38. The summed E-state index contributed by atoms with van der Waals surface area (Å²) in [6, 6.07) is 0. The second-order valence-corrected chi connectivity index (χ2v) is 5.64. The van der Waals surface area contributed by atoms with E-state index in [9.17, 15) is 4.21 Å². The van der Waals surface area contributed by atoms with Crippen molar-refractivity contribution in [3.63, 3.8) is 0 Å². The molecule has 1 saturated carbocycles. The highest BCUT2D eigenvalue weighted by Gasteiger charge is 2.21. The van der Waals surface area contributed by atoms with E-state index in [0.29, 0.717) is 5.25 Å². The molecule has 0 amide bonds. The van der Waals surface area contributed by atoms with Crippen LogP contribution >= 0.6 is 0 Å². The van der Waals surface area contributed by atoms with Crippen molar-refractivity contribution in [1.29, 1.82) is 0 Å². The molecule has 0 N–H and O–H groups in total. The van der Waals surface area contributed by atoms with Crippen molar-refractivity contribution in [2.75, 3.05) is 0 Å². The predicted octanol–water partition coefficient (Wildman–Crippen LogP) is 1.86. The van der Waals surface area contributed by atoms with Gasteiger partial charge in [-0.1, -0.05) is 19.3 Å². The standard InChI is InChI=1S/C10H16N2OS/c1-12-8-10(7-11-12)14(13)9-5-3-2-4-6-9/h7-9H,2-6H2,1H3. The Morgan fingerprint density at radius 1 is 1.43 bits per heavy atom. The maximum Gasteiger partial charge on any atom is 0.0770 e. The molecule has 78 valence electrons. The van der Waals surface area contributed by atoms with Gasteiger partial charge in [-0.3, -0.25) is 8.89 Å². The highest BCUT2D eigenvalue weighted by Crippen LogP contribution is 2.25. The maximum atomic E-state index is 12.1. The van der Waals surface area contributed by atoms with Crippen LogP contribution in [-0.4, -0.2) is 19.2 Å². The molecule has 0 aromatic carbocycles. The van der Waals surface area contributed by atoms with Crippen molar-refractivity contribution in [3.05, 3.63) is 12.4 Å². The molecular formula is C10H16N2OS. The van der Waals surface area contributed by atoms with Gasteiger partial charge in [0.05, 0.1) is 21.9 Å². The lowest BCUT2D eigenvalue weighted by Gasteiger charge is -2.19. The van der Waals surface area contributed by atoms with Crippen molar-refractivity contribution in [2.45, 2.75) is 42.2 Å². The first kappa shape index (κ1) is 9.90. The molecule has 1 atom stereocenters. The van der Waals surface area contributed by atoms with Crippen molar-refractivity contribution in [1.82, 2.24) is 9.78 Å². The SMILES string of the molecule is Cn1cc(S(=O)C2CCCCC2)cn1. The van der Waals surface area contributed by atoms with Gasteiger partial charge >= 0.3 is 0 Å². The molecule has 1 aromatic rings. The van der Waals surface area contributed by atoms with E-state index in [2.05, 4.69) is 5.10 Å². The third kappa shape index (κ3) is 2.05. The molecule has 0 bridgehead atoms. The van der Waals surface area contributed by atoms with Gasteiger partial charge in [0.15, 0.2) is 0 Å². The number of hydrogen-bond acceptors (Lipinski definition) is 2. The number of hydrogen-bond donors (Lipinski definition) is 0. The normalized spacial score (nSPS) is 20.9. The molecule has 1 fully saturated rings. The summed E-state index contributed by atoms with van der Waals surface area (Å²) in [5.74, 6) is 0. The Balaban J connectivity index is 2.07. The number of aromatic nitrogens is 2. The van der Waals surface area contributed by atoms with Crippen LogP contribution in [0.15, 0.2) is 17.3 Å². The minimum absolute atomic E-state index is 0.368. The van der Waals surface area contributed by atoms with Crippen LogP contribution in [0.3, 0.4) is 0 Å². The summed E-state index contributed by atoms with van der Waals surface area (Å²) in [6.45, 7) is 0. The molecule has 0 radical (unpaired) electrons. The Hall–Kier alpha value is -0.640. The second-order valence-electron chi connectivity index (χ2n) is 3.91. The monoisotopic (exact) mass is 212 g/mol. The smallest absolute Gasteiger partial charge is 0.0770 e. The molecule has 1 aliphatic carbocycles. The molecule has 1 aromatic heterocycles. The minimum atomic E-state index is -0.832. The molecule has 2 rings (SSSR count). The summed E-state index contributed by atoms with van der Waals surface area (Å²) in [5, 5.41) is 4.42. The molecule has 1 unspecified atom stereocenters. The number of aryl methyl sites for hydroxylation is 1. The zero-order chi connectivity index (χ0) is 9.97. The average molecular weight is 212 g/mol. The van der Waals surface area contributed by atoms with E-state index in [1.165, 1.54) is 19.3 Å². The van der Waals surface area contributed by atoms with Crippen molar-refractivity contribution in [2.24, 2.45) is 7.05 Å². The minimum Gasteiger partial charge on any atom is -0.275 e. The summed E-state index contributed by atoms with van der Waals surface area (Å²) >= 11 is 0.